The molecule has 1 heterocycles. The Hall–Kier alpha value is -4.11. The molecule has 0 radical (unpaired) electrons. The molecule has 1 aliphatic rings. The summed E-state index contributed by atoms with van der Waals surface area (Å²) in [4.78, 5) is 37.4. The summed E-state index contributed by atoms with van der Waals surface area (Å²) in [7, 11) is 0. The maximum absolute atomic E-state index is 12.9. The number of anilines is 2. The van der Waals surface area contributed by atoms with Crippen LogP contribution in [0.4, 0.5) is 17.1 Å². The molecule has 0 aromatic heterocycles. The lowest BCUT2D eigenvalue weighted by molar-refractivity contribution is -0.385. The number of benzene rings is 3. The fourth-order valence-electron chi connectivity index (χ4n) is 3.74. The number of nitro groups is 1. The number of carbonyl (C=O) groups excluding carboxylic acids is 2. The minimum Gasteiger partial charge on any atom is -0.450 e. The van der Waals surface area contributed by atoms with Crippen molar-refractivity contribution in [3.05, 3.63) is 86.9 Å². The van der Waals surface area contributed by atoms with E-state index in [0.29, 0.717) is 22.6 Å². The van der Waals surface area contributed by atoms with E-state index in [1.807, 2.05) is 0 Å². The molecule has 1 saturated heterocycles. The topological polar surface area (TPSA) is 128 Å². The van der Waals surface area contributed by atoms with E-state index in [1.165, 1.54) is 30.3 Å². The molecule has 4 rings (SSSR count). The Balaban J connectivity index is 1.53. The maximum atomic E-state index is 12.9. The molecule has 0 unspecified atom stereocenters. The molecular formula is C24H21ClN4O5. The maximum Gasteiger partial charge on any atom is 0.313 e. The third kappa shape index (κ3) is 5.10. The molecule has 0 atom stereocenters. The van der Waals surface area contributed by atoms with E-state index < -0.39 is 10.8 Å². The predicted octanol–water partition coefficient (Wildman–Crippen LogP) is 4.99. The van der Waals surface area contributed by atoms with Crippen molar-refractivity contribution < 1.29 is 19.2 Å². The minimum absolute atomic E-state index is 0.0325. The Bertz CT molecular complexity index is 1260. The Kier molecular flexibility index (Phi) is 6.65. The second-order valence-corrected chi connectivity index (χ2v) is 8.18. The number of carbonyl (C=O) groups is 2. The molecule has 0 aliphatic carbocycles. The number of nitrogens with two attached hydrogens (primary N) is 1. The highest BCUT2D eigenvalue weighted by Crippen LogP contribution is 2.34. The SMILES string of the molecule is NC(=O)c1ccc(N2CCCC2)c(NC(=O)c2ccc(Oc3ccc(Cl)cc3[N+](=O)[O-])cc2)c1. The largest absolute Gasteiger partial charge is 0.450 e. The first-order chi connectivity index (χ1) is 16.3. The van der Waals surface area contributed by atoms with Gasteiger partial charge in [0.05, 0.1) is 16.3 Å². The van der Waals surface area contributed by atoms with Crippen molar-refractivity contribution in [2.75, 3.05) is 23.3 Å². The molecule has 1 fully saturated rings. The van der Waals surface area contributed by atoms with Crippen LogP contribution in [0.2, 0.25) is 5.02 Å². The first kappa shape index (κ1) is 23.1. The number of rotatable bonds is 7. The van der Waals surface area contributed by atoms with Crippen LogP contribution in [0, 0.1) is 10.1 Å². The summed E-state index contributed by atoms with van der Waals surface area (Å²) in [6, 6.07) is 15.3. The molecule has 174 valence electrons. The molecule has 0 bridgehead atoms. The van der Waals surface area contributed by atoms with Gasteiger partial charge in [0.2, 0.25) is 11.7 Å². The summed E-state index contributed by atoms with van der Waals surface area (Å²) in [5.41, 5.74) is 7.12. The molecule has 0 saturated carbocycles. The summed E-state index contributed by atoms with van der Waals surface area (Å²) >= 11 is 5.83. The van der Waals surface area contributed by atoms with Gasteiger partial charge in [0.15, 0.2) is 0 Å². The average molecular weight is 481 g/mol. The van der Waals surface area contributed by atoms with Gasteiger partial charge in [-0.05, 0) is 67.4 Å². The second-order valence-electron chi connectivity index (χ2n) is 7.74. The quantitative estimate of drug-likeness (QED) is 0.362. The zero-order chi connectivity index (χ0) is 24.2. The van der Waals surface area contributed by atoms with Crippen LogP contribution < -0.4 is 20.7 Å². The summed E-state index contributed by atoms with van der Waals surface area (Å²) in [6.07, 6.45) is 2.11. The number of nitrogens with one attached hydrogen (secondary N) is 1. The van der Waals surface area contributed by atoms with Crippen LogP contribution in [0.3, 0.4) is 0 Å². The summed E-state index contributed by atoms with van der Waals surface area (Å²) < 4.78 is 5.62. The van der Waals surface area contributed by atoms with E-state index in [2.05, 4.69) is 10.2 Å². The number of hydrogen-bond donors (Lipinski definition) is 2. The summed E-state index contributed by atoms with van der Waals surface area (Å²) in [5, 5.41) is 14.3. The monoisotopic (exact) mass is 480 g/mol. The van der Waals surface area contributed by atoms with Crippen molar-refractivity contribution in [1.82, 2.24) is 0 Å². The fraction of sp³-hybridized carbons (Fsp3) is 0.167. The van der Waals surface area contributed by atoms with E-state index in [1.54, 1.807) is 30.3 Å². The highest BCUT2D eigenvalue weighted by molar-refractivity contribution is 6.30. The Morgan fingerprint density at radius 1 is 1.00 bits per heavy atom. The number of nitrogens with zero attached hydrogens (tertiary/aromatic N) is 2. The van der Waals surface area contributed by atoms with Crippen LogP contribution in [-0.2, 0) is 0 Å². The normalized spacial score (nSPS) is 12.9. The Morgan fingerprint density at radius 2 is 1.68 bits per heavy atom. The highest BCUT2D eigenvalue weighted by Gasteiger charge is 2.20. The van der Waals surface area contributed by atoms with Gasteiger partial charge < -0.3 is 20.7 Å². The molecule has 3 aromatic carbocycles. The van der Waals surface area contributed by atoms with Crippen molar-refractivity contribution in [2.45, 2.75) is 12.8 Å². The summed E-state index contributed by atoms with van der Waals surface area (Å²) in [5.74, 6) is -0.618. The first-order valence-electron chi connectivity index (χ1n) is 10.5. The predicted molar refractivity (Wildman–Crippen MR) is 129 cm³/mol. The highest BCUT2D eigenvalue weighted by atomic mass is 35.5. The molecule has 0 spiro atoms. The Morgan fingerprint density at radius 3 is 2.32 bits per heavy atom. The third-order valence-electron chi connectivity index (χ3n) is 5.44. The molecular weight excluding hydrogens is 460 g/mol. The van der Waals surface area contributed by atoms with Crippen molar-refractivity contribution in [1.29, 1.82) is 0 Å². The van der Waals surface area contributed by atoms with E-state index in [0.717, 1.165) is 31.6 Å². The van der Waals surface area contributed by atoms with Crippen LogP contribution in [0.1, 0.15) is 33.6 Å². The van der Waals surface area contributed by atoms with Crippen LogP contribution >= 0.6 is 11.6 Å². The minimum atomic E-state index is -0.582. The summed E-state index contributed by atoms with van der Waals surface area (Å²) in [6.45, 7) is 1.73. The van der Waals surface area contributed by atoms with E-state index in [9.17, 15) is 19.7 Å². The molecule has 10 heteroatoms. The lowest BCUT2D eigenvalue weighted by atomic mass is 10.1. The number of ether oxygens (including phenoxy) is 1. The number of nitro benzene ring substituents is 1. The zero-order valence-corrected chi connectivity index (χ0v) is 18.7. The second kappa shape index (κ2) is 9.80. The van der Waals surface area contributed by atoms with Crippen molar-refractivity contribution in [3.63, 3.8) is 0 Å². The molecule has 9 nitrogen and oxygen atoms in total. The molecule has 3 aromatic rings. The molecule has 34 heavy (non-hydrogen) atoms. The smallest absolute Gasteiger partial charge is 0.313 e. The zero-order valence-electron chi connectivity index (χ0n) is 18.0. The lowest BCUT2D eigenvalue weighted by Gasteiger charge is -2.22. The van der Waals surface area contributed by atoms with Gasteiger partial charge in [-0.25, -0.2) is 0 Å². The van der Waals surface area contributed by atoms with Crippen LogP contribution in [0.5, 0.6) is 11.5 Å². The molecule has 1 aliphatic heterocycles. The number of primary amides is 1. The van der Waals surface area contributed by atoms with Gasteiger partial charge in [-0.1, -0.05) is 11.6 Å². The van der Waals surface area contributed by atoms with Gasteiger partial charge in [-0.2, -0.15) is 0 Å². The van der Waals surface area contributed by atoms with Crippen LogP contribution in [0.15, 0.2) is 60.7 Å². The molecule has 2 amide bonds. The average Bonchev–Trinajstić information content (AvgIpc) is 3.35. The van der Waals surface area contributed by atoms with Gasteiger partial charge in [-0.15, -0.1) is 0 Å². The van der Waals surface area contributed by atoms with Crippen molar-refractivity contribution in [3.8, 4) is 11.5 Å². The van der Waals surface area contributed by atoms with Gasteiger partial charge in [0.25, 0.3) is 5.91 Å². The van der Waals surface area contributed by atoms with Crippen molar-refractivity contribution in [2.24, 2.45) is 5.73 Å². The van der Waals surface area contributed by atoms with Crippen molar-refractivity contribution >= 4 is 40.5 Å². The van der Waals surface area contributed by atoms with Crippen LogP contribution in [-0.4, -0.2) is 29.8 Å². The van der Waals surface area contributed by atoms with Gasteiger partial charge in [0.1, 0.15) is 5.75 Å². The van der Waals surface area contributed by atoms with E-state index >= 15 is 0 Å². The number of hydrogen-bond acceptors (Lipinski definition) is 6. The third-order valence-corrected chi connectivity index (χ3v) is 5.67. The fourth-order valence-corrected chi connectivity index (χ4v) is 3.90. The van der Waals surface area contributed by atoms with Gasteiger partial charge >= 0.3 is 5.69 Å². The molecule has 3 N–H and O–H groups in total. The van der Waals surface area contributed by atoms with Crippen LogP contribution in [0.25, 0.3) is 0 Å². The van der Waals surface area contributed by atoms with Gasteiger partial charge in [0, 0.05) is 35.3 Å². The Labute approximate surface area is 200 Å². The number of halogens is 1. The first-order valence-corrected chi connectivity index (χ1v) is 10.9. The number of amides is 2. The van der Waals surface area contributed by atoms with E-state index in [-0.39, 0.29) is 22.4 Å². The standard InChI is InChI=1S/C24H21ClN4O5/c25-17-6-10-22(21(14-17)29(32)33)34-18-7-3-15(4-8-18)24(31)27-19-13-16(23(26)30)5-9-20(19)28-11-1-2-12-28/h3-10,13-14H,1-2,11-12H2,(H2,26,30)(H,27,31). The van der Waals surface area contributed by atoms with E-state index in [4.69, 9.17) is 22.1 Å². The lowest BCUT2D eigenvalue weighted by Crippen LogP contribution is -2.22. The van der Waals surface area contributed by atoms with Gasteiger partial charge in [-0.3, -0.25) is 19.7 Å².